The molecule has 5 nitrogen and oxygen atoms in total. The van der Waals surface area contributed by atoms with Crippen LogP contribution in [0.25, 0.3) is 0 Å². The van der Waals surface area contributed by atoms with Gasteiger partial charge in [0.15, 0.2) is 5.78 Å². The molecule has 10 heteroatoms. The average Bonchev–Trinajstić information content (AvgIpc) is 2.87. The summed E-state index contributed by atoms with van der Waals surface area (Å²) in [6.45, 7) is -0.164. The number of hydrogen-bond acceptors (Lipinski definition) is 4. The zero-order valence-corrected chi connectivity index (χ0v) is 12.9. The van der Waals surface area contributed by atoms with Crippen LogP contribution in [0.15, 0.2) is 15.9 Å². The number of Topliss-reactive ketones (excluding diaryl/α,β-unsaturated/α-hetero) is 1. The van der Waals surface area contributed by atoms with E-state index in [0.29, 0.717) is 10.7 Å². The van der Waals surface area contributed by atoms with Gasteiger partial charge in [-0.25, -0.2) is 4.79 Å². The van der Waals surface area contributed by atoms with Gasteiger partial charge < -0.3 is 5.32 Å². The van der Waals surface area contributed by atoms with Crippen LogP contribution >= 0.6 is 27.3 Å². The fourth-order valence-electron chi connectivity index (χ4n) is 1.72. The van der Waals surface area contributed by atoms with Gasteiger partial charge in [0.1, 0.15) is 0 Å². The maximum atomic E-state index is 12.9. The normalized spacial score (nSPS) is 22.6. The fraction of sp³-hybridized carbons (Fsp3) is 0.364. The molecule has 1 N–H and O–H groups in total. The van der Waals surface area contributed by atoms with Gasteiger partial charge in [0.05, 0.1) is 15.2 Å². The van der Waals surface area contributed by atoms with Gasteiger partial charge in [0, 0.05) is 0 Å². The number of nitrogens with one attached hydrogen (secondary N) is 1. The molecule has 114 valence electrons. The summed E-state index contributed by atoms with van der Waals surface area (Å²) in [6, 6.07) is 1.81. The van der Waals surface area contributed by atoms with Crippen molar-refractivity contribution in [1.29, 1.82) is 0 Å². The number of nitrogens with zero attached hydrogens (tertiary/aromatic N) is 1. The number of carbonyl (C=O) groups is 3. The van der Waals surface area contributed by atoms with E-state index in [1.165, 1.54) is 6.07 Å². The first-order chi connectivity index (χ1) is 9.56. The van der Waals surface area contributed by atoms with Gasteiger partial charge in [-0.3, -0.25) is 14.5 Å². The summed E-state index contributed by atoms with van der Waals surface area (Å²) in [5.41, 5.74) is -3.00. The summed E-state index contributed by atoms with van der Waals surface area (Å²) in [5.74, 6) is -2.09. The van der Waals surface area contributed by atoms with Crippen molar-refractivity contribution < 1.29 is 27.6 Å². The molecular weight excluding hydrogens is 377 g/mol. The lowest BCUT2D eigenvalue weighted by Crippen LogP contribution is -2.56. The van der Waals surface area contributed by atoms with E-state index in [1.807, 2.05) is 0 Å². The van der Waals surface area contributed by atoms with Crippen LogP contribution < -0.4 is 5.32 Å². The largest absolute Gasteiger partial charge is 0.420 e. The van der Waals surface area contributed by atoms with Crippen LogP contribution in [0, 0.1) is 0 Å². The van der Waals surface area contributed by atoms with Crippen molar-refractivity contribution in [3.05, 3.63) is 20.8 Å². The van der Waals surface area contributed by atoms with E-state index in [2.05, 4.69) is 15.9 Å². The Labute approximate surface area is 129 Å². The molecule has 1 aromatic heterocycles. The van der Waals surface area contributed by atoms with Crippen molar-refractivity contribution in [3.63, 3.8) is 0 Å². The Morgan fingerprint density at radius 3 is 2.48 bits per heavy atom. The molecule has 1 aliphatic rings. The zero-order valence-electron chi connectivity index (χ0n) is 10.5. The van der Waals surface area contributed by atoms with Crippen LogP contribution in [0.4, 0.5) is 18.0 Å². The predicted octanol–water partition coefficient (Wildman–Crippen LogP) is 2.57. The van der Waals surface area contributed by atoms with Crippen molar-refractivity contribution in [2.24, 2.45) is 0 Å². The van der Waals surface area contributed by atoms with Gasteiger partial charge in [-0.15, -0.1) is 11.3 Å². The van der Waals surface area contributed by atoms with Crippen molar-refractivity contribution in [2.45, 2.75) is 18.6 Å². The lowest BCUT2D eigenvalue weighted by atomic mass is 10.0. The fourth-order valence-corrected chi connectivity index (χ4v) is 3.03. The Kier molecular flexibility index (Phi) is 3.87. The quantitative estimate of drug-likeness (QED) is 0.643. The predicted molar refractivity (Wildman–Crippen MR) is 71.1 cm³/mol. The Morgan fingerprint density at radius 1 is 1.43 bits per heavy atom. The molecule has 0 bridgehead atoms. The number of rotatable bonds is 3. The maximum Gasteiger partial charge on any atom is 0.420 e. The Balaban J connectivity index is 2.20. The van der Waals surface area contributed by atoms with Crippen LogP contribution in [0.3, 0.4) is 0 Å². The number of hydrogen-bond donors (Lipinski definition) is 1. The first-order valence-corrected chi connectivity index (χ1v) is 7.16. The molecule has 1 fully saturated rings. The molecule has 3 amide bonds. The summed E-state index contributed by atoms with van der Waals surface area (Å²) >= 11 is 4.20. The van der Waals surface area contributed by atoms with Gasteiger partial charge in [-0.05, 0) is 35.0 Å². The summed E-state index contributed by atoms with van der Waals surface area (Å²) in [4.78, 5) is 35.8. The molecule has 1 aliphatic heterocycles. The second kappa shape index (κ2) is 5.09. The Hall–Kier alpha value is -1.42. The SMILES string of the molecule is CC1(C(F)(F)F)NC(=O)N(CC(=O)c2ccc(Br)s2)C1=O. The second-order valence-electron chi connectivity index (χ2n) is 4.47. The van der Waals surface area contributed by atoms with Gasteiger partial charge in [0.2, 0.25) is 5.54 Å². The van der Waals surface area contributed by atoms with E-state index in [4.69, 9.17) is 0 Å². The van der Waals surface area contributed by atoms with E-state index >= 15 is 0 Å². The molecule has 1 saturated heterocycles. The van der Waals surface area contributed by atoms with Gasteiger partial charge in [-0.2, -0.15) is 13.2 Å². The molecule has 2 heterocycles. The summed E-state index contributed by atoms with van der Waals surface area (Å²) in [7, 11) is 0. The van der Waals surface area contributed by atoms with E-state index in [9.17, 15) is 27.6 Å². The molecule has 1 aromatic rings. The molecule has 21 heavy (non-hydrogen) atoms. The molecule has 2 rings (SSSR count). The van der Waals surface area contributed by atoms with Crippen LogP contribution in [0.2, 0.25) is 0 Å². The zero-order chi connectivity index (χ0) is 16.0. The van der Waals surface area contributed by atoms with Gasteiger partial charge in [0.25, 0.3) is 5.91 Å². The number of carbonyl (C=O) groups excluding carboxylic acids is 3. The van der Waals surface area contributed by atoms with Crippen LogP contribution in [0.5, 0.6) is 0 Å². The van der Waals surface area contributed by atoms with Crippen molar-refractivity contribution >= 4 is 45.0 Å². The monoisotopic (exact) mass is 384 g/mol. The smallest absolute Gasteiger partial charge is 0.316 e. The molecule has 0 spiro atoms. The minimum absolute atomic E-state index is 0.239. The highest BCUT2D eigenvalue weighted by Crippen LogP contribution is 2.35. The van der Waals surface area contributed by atoms with Crippen LogP contribution in [-0.2, 0) is 4.79 Å². The lowest BCUT2D eigenvalue weighted by molar-refractivity contribution is -0.190. The number of ketones is 1. The molecule has 1 unspecified atom stereocenters. The third-order valence-electron chi connectivity index (χ3n) is 2.99. The minimum Gasteiger partial charge on any atom is -0.316 e. The van der Waals surface area contributed by atoms with E-state index in [1.54, 1.807) is 11.4 Å². The standard InChI is InChI=1S/C11H8BrF3N2O3S/c1-10(11(13,14)15)8(19)17(9(20)16-10)4-5(18)6-2-3-7(12)21-6/h2-3H,4H2,1H3,(H,16,20). The summed E-state index contributed by atoms with van der Waals surface area (Å²) < 4.78 is 39.2. The minimum atomic E-state index is -4.94. The average molecular weight is 385 g/mol. The lowest BCUT2D eigenvalue weighted by Gasteiger charge is -2.24. The van der Waals surface area contributed by atoms with Crippen molar-refractivity contribution in [1.82, 2.24) is 10.2 Å². The molecule has 0 saturated carbocycles. The highest BCUT2D eigenvalue weighted by atomic mass is 79.9. The van der Waals surface area contributed by atoms with E-state index in [-0.39, 0.29) is 9.78 Å². The number of alkyl halides is 3. The van der Waals surface area contributed by atoms with Gasteiger partial charge >= 0.3 is 12.2 Å². The number of urea groups is 1. The second-order valence-corrected chi connectivity index (χ2v) is 6.93. The molecule has 0 aliphatic carbocycles. The topological polar surface area (TPSA) is 66.5 Å². The van der Waals surface area contributed by atoms with Crippen LogP contribution in [0.1, 0.15) is 16.6 Å². The highest BCUT2D eigenvalue weighted by Gasteiger charge is 2.64. The maximum absolute atomic E-state index is 12.9. The first-order valence-electron chi connectivity index (χ1n) is 5.55. The summed E-state index contributed by atoms with van der Waals surface area (Å²) in [5, 5.41) is 1.59. The molecule has 0 aromatic carbocycles. The Bertz CT molecular complexity index is 630. The molecule has 0 radical (unpaired) electrons. The number of imide groups is 1. The molecular formula is C11H8BrF3N2O3S. The highest BCUT2D eigenvalue weighted by molar-refractivity contribution is 9.11. The Morgan fingerprint density at radius 2 is 2.05 bits per heavy atom. The molecule has 1 atom stereocenters. The number of halogens is 4. The van der Waals surface area contributed by atoms with Crippen molar-refractivity contribution in [2.75, 3.05) is 6.54 Å². The third-order valence-corrected chi connectivity index (χ3v) is 4.66. The van der Waals surface area contributed by atoms with Crippen LogP contribution in [-0.4, -0.2) is 40.9 Å². The summed E-state index contributed by atoms with van der Waals surface area (Å²) in [6.07, 6.45) is -4.94. The first kappa shape index (κ1) is 16.0. The van der Waals surface area contributed by atoms with E-state index < -0.39 is 36.0 Å². The van der Waals surface area contributed by atoms with E-state index in [0.717, 1.165) is 11.3 Å². The third kappa shape index (κ3) is 2.69. The van der Waals surface area contributed by atoms with Gasteiger partial charge in [-0.1, -0.05) is 0 Å². The number of amides is 3. The van der Waals surface area contributed by atoms with Crippen molar-refractivity contribution in [3.8, 4) is 0 Å². The number of thiophene rings is 1.